The maximum Gasteiger partial charge on any atom is 0.181 e. The van der Waals surface area contributed by atoms with Gasteiger partial charge in [0.25, 0.3) is 0 Å². The number of hydrogen-bond donors (Lipinski definition) is 0. The third kappa shape index (κ3) is 3.20. The van der Waals surface area contributed by atoms with Crippen LogP contribution in [0.3, 0.4) is 0 Å². The molecule has 0 bridgehead atoms. The molecule has 0 saturated heterocycles. The molecule has 5 heteroatoms. The van der Waals surface area contributed by atoms with Gasteiger partial charge >= 0.3 is 0 Å². The summed E-state index contributed by atoms with van der Waals surface area (Å²) in [5.74, 6) is 0.734. The van der Waals surface area contributed by atoms with Crippen LogP contribution in [0.15, 0.2) is 59.5 Å². The zero-order valence-corrected chi connectivity index (χ0v) is 12.4. The van der Waals surface area contributed by atoms with Gasteiger partial charge in [0.1, 0.15) is 24.3 Å². The maximum atomic E-state index is 6.11. The lowest BCUT2D eigenvalue weighted by atomic mass is 10.2. The SMILES string of the molecule is Clc1cccc(Cl)c1COc1ccc(-c2cocn2)cc1. The van der Waals surface area contributed by atoms with Gasteiger partial charge in [-0.2, -0.15) is 0 Å². The average Bonchev–Trinajstić information content (AvgIpc) is 3.02. The zero-order chi connectivity index (χ0) is 14.7. The monoisotopic (exact) mass is 319 g/mol. The number of nitrogens with zero attached hydrogens (tertiary/aromatic N) is 1. The summed E-state index contributed by atoms with van der Waals surface area (Å²) in [4.78, 5) is 4.09. The Kier molecular flexibility index (Phi) is 4.13. The van der Waals surface area contributed by atoms with Crippen LogP contribution in [0.25, 0.3) is 11.3 Å². The Hall–Kier alpha value is -1.97. The van der Waals surface area contributed by atoms with Crippen LogP contribution in [0.4, 0.5) is 0 Å². The highest BCUT2D eigenvalue weighted by Gasteiger charge is 2.07. The molecule has 0 saturated carbocycles. The lowest BCUT2D eigenvalue weighted by molar-refractivity contribution is 0.306. The van der Waals surface area contributed by atoms with Crippen LogP contribution in [-0.2, 0) is 6.61 Å². The molecule has 0 fully saturated rings. The Bertz CT molecular complexity index is 704. The Morgan fingerprint density at radius 1 is 1.00 bits per heavy atom. The summed E-state index contributed by atoms with van der Waals surface area (Å²) >= 11 is 12.2. The summed E-state index contributed by atoms with van der Waals surface area (Å²) < 4.78 is 10.7. The van der Waals surface area contributed by atoms with E-state index in [1.807, 2.05) is 24.3 Å². The third-order valence-corrected chi connectivity index (χ3v) is 3.74. The molecule has 0 N–H and O–H groups in total. The minimum Gasteiger partial charge on any atom is -0.489 e. The fraction of sp³-hybridized carbons (Fsp3) is 0.0625. The van der Waals surface area contributed by atoms with E-state index in [0.29, 0.717) is 16.7 Å². The summed E-state index contributed by atoms with van der Waals surface area (Å²) in [6.45, 7) is 0.321. The number of rotatable bonds is 4. The molecule has 0 radical (unpaired) electrons. The summed E-state index contributed by atoms with van der Waals surface area (Å²) in [7, 11) is 0. The second-order valence-corrected chi connectivity index (χ2v) is 5.20. The van der Waals surface area contributed by atoms with Gasteiger partial charge in [0.05, 0.1) is 0 Å². The second kappa shape index (κ2) is 6.20. The van der Waals surface area contributed by atoms with Crippen molar-refractivity contribution in [2.75, 3.05) is 0 Å². The highest BCUT2D eigenvalue weighted by atomic mass is 35.5. The topological polar surface area (TPSA) is 35.3 Å². The number of halogens is 2. The first-order valence-corrected chi connectivity index (χ1v) is 7.04. The number of aromatic nitrogens is 1. The number of oxazole rings is 1. The summed E-state index contributed by atoms with van der Waals surface area (Å²) in [5, 5.41) is 1.20. The van der Waals surface area contributed by atoms with Crippen LogP contribution in [0.5, 0.6) is 5.75 Å². The van der Waals surface area contributed by atoms with E-state index in [1.165, 1.54) is 6.39 Å². The van der Waals surface area contributed by atoms with Gasteiger partial charge in [-0.05, 0) is 36.4 Å². The minimum atomic E-state index is 0.321. The van der Waals surface area contributed by atoms with Crippen LogP contribution in [0.1, 0.15) is 5.56 Å². The van der Waals surface area contributed by atoms with Crippen molar-refractivity contribution in [1.82, 2.24) is 4.98 Å². The van der Waals surface area contributed by atoms with Gasteiger partial charge in [0.15, 0.2) is 6.39 Å². The summed E-state index contributed by atoms with van der Waals surface area (Å²) in [6.07, 6.45) is 3.00. The predicted molar refractivity (Wildman–Crippen MR) is 82.7 cm³/mol. The van der Waals surface area contributed by atoms with Crippen molar-refractivity contribution >= 4 is 23.2 Å². The normalized spacial score (nSPS) is 10.6. The van der Waals surface area contributed by atoms with E-state index in [0.717, 1.165) is 22.6 Å². The molecule has 106 valence electrons. The summed E-state index contributed by atoms with van der Waals surface area (Å²) in [6, 6.07) is 13.0. The van der Waals surface area contributed by atoms with Gasteiger partial charge in [-0.15, -0.1) is 0 Å². The number of hydrogen-bond acceptors (Lipinski definition) is 3. The molecule has 0 aliphatic rings. The predicted octanol–water partition coefficient (Wildman–Crippen LogP) is 5.23. The van der Waals surface area contributed by atoms with Gasteiger partial charge in [0, 0.05) is 21.2 Å². The molecule has 3 rings (SSSR count). The van der Waals surface area contributed by atoms with E-state index >= 15 is 0 Å². The molecular formula is C16H11Cl2NO2. The van der Waals surface area contributed by atoms with Crippen molar-refractivity contribution in [3.05, 3.63) is 70.7 Å². The van der Waals surface area contributed by atoms with E-state index in [-0.39, 0.29) is 0 Å². The van der Waals surface area contributed by atoms with Crippen molar-refractivity contribution < 1.29 is 9.15 Å². The largest absolute Gasteiger partial charge is 0.489 e. The lowest BCUT2D eigenvalue weighted by Crippen LogP contribution is -1.97. The molecule has 1 aromatic heterocycles. The molecule has 0 aliphatic heterocycles. The molecule has 0 aliphatic carbocycles. The van der Waals surface area contributed by atoms with E-state index in [2.05, 4.69) is 4.98 Å². The molecule has 3 nitrogen and oxygen atoms in total. The molecule has 0 amide bonds. The van der Waals surface area contributed by atoms with Crippen LogP contribution >= 0.6 is 23.2 Å². The van der Waals surface area contributed by atoms with E-state index in [1.54, 1.807) is 24.5 Å². The minimum absolute atomic E-state index is 0.321. The van der Waals surface area contributed by atoms with Crippen molar-refractivity contribution in [3.8, 4) is 17.0 Å². The first kappa shape index (κ1) is 14.0. The third-order valence-electron chi connectivity index (χ3n) is 3.03. The van der Waals surface area contributed by atoms with Gasteiger partial charge in [-0.1, -0.05) is 29.3 Å². The highest BCUT2D eigenvalue weighted by molar-refractivity contribution is 6.35. The molecule has 0 atom stereocenters. The Morgan fingerprint density at radius 3 is 2.33 bits per heavy atom. The molecule has 0 spiro atoms. The zero-order valence-electron chi connectivity index (χ0n) is 10.9. The lowest BCUT2D eigenvalue weighted by Gasteiger charge is -2.09. The first-order chi connectivity index (χ1) is 10.2. The highest BCUT2D eigenvalue weighted by Crippen LogP contribution is 2.26. The van der Waals surface area contributed by atoms with E-state index in [9.17, 15) is 0 Å². The Balaban J connectivity index is 1.71. The fourth-order valence-corrected chi connectivity index (χ4v) is 2.41. The molecule has 21 heavy (non-hydrogen) atoms. The van der Waals surface area contributed by atoms with Crippen molar-refractivity contribution in [2.45, 2.75) is 6.61 Å². The molecule has 0 unspecified atom stereocenters. The van der Waals surface area contributed by atoms with Crippen LogP contribution in [-0.4, -0.2) is 4.98 Å². The standard InChI is InChI=1S/C16H11Cl2NO2/c17-14-2-1-3-15(18)13(14)8-21-12-6-4-11(5-7-12)16-9-20-10-19-16/h1-7,9-10H,8H2. The van der Waals surface area contributed by atoms with Gasteiger partial charge < -0.3 is 9.15 Å². The maximum absolute atomic E-state index is 6.11. The number of ether oxygens (including phenoxy) is 1. The van der Waals surface area contributed by atoms with Crippen LogP contribution < -0.4 is 4.74 Å². The molecule has 2 aromatic carbocycles. The number of benzene rings is 2. The smallest absolute Gasteiger partial charge is 0.181 e. The molecule has 3 aromatic rings. The Morgan fingerprint density at radius 2 is 1.71 bits per heavy atom. The van der Waals surface area contributed by atoms with E-state index in [4.69, 9.17) is 32.4 Å². The first-order valence-electron chi connectivity index (χ1n) is 6.28. The van der Waals surface area contributed by atoms with Crippen LogP contribution in [0, 0.1) is 0 Å². The van der Waals surface area contributed by atoms with E-state index < -0.39 is 0 Å². The second-order valence-electron chi connectivity index (χ2n) is 4.39. The van der Waals surface area contributed by atoms with Crippen molar-refractivity contribution in [2.24, 2.45) is 0 Å². The Labute approximate surface area is 132 Å². The molecule has 1 heterocycles. The van der Waals surface area contributed by atoms with Gasteiger partial charge in [-0.3, -0.25) is 0 Å². The van der Waals surface area contributed by atoms with Crippen LogP contribution in [0.2, 0.25) is 10.0 Å². The van der Waals surface area contributed by atoms with Gasteiger partial charge in [0.2, 0.25) is 0 Å². The van der Waals surface area contributed by atoms with Crippen molar-refractivity contribution in [3.63, 3.8) is 0 Å². The fourth-order valence-electron chi connectivity index (χ4n) is 1.90. The average molecular weight is 320 g/mol. The summed E-state index contributed by atoms with van der Waals surface area (Å²) in [5.41, 5.74) is 2.53. The quantitative estimate of drug-likeness (QED) is 0.660. The van der Waals surface area contributed by atoms with Crippen molar-refractivity contribution in [1.29, 1.82) is 0 Å². The van der Waals surface area contributed by atoms with Gasteiger partial charge in [-0.25, -0.2) is 4.98 Å². The molecular weight excluding hydrogens is 309 g/mol.